The van der Waals surface area contributed by atoms with Crippen LogP contribution in [-0.4, -0.2) is 25.2 Å². The van der Waals surface area contributed by atoms with Crippen molar-refractivity contribution in [3.8, 4) is 0 Å². The molecule has 0 amide bonds. The zero-order valence-corrected chi connectivity index (χ0v) is 9.59. The second kappa shape index (κ2) is 4.30. The first-order chi connectivity index (χ1) is 6.42. The van der Waals surface area contributed by atoms with Crippen molar-refractivity contribution >= 4 is 5.97 Å². The topological polar surface area (TPSA) is 38.3 Å². The molecule has 1 aliphatic heterocycles. The third-order valence-electron chi connectivity index (χ3n) is 2.59. The molecule has 0 bridgehead atoms. The van der Waals surface area contributed by atoms with Crippen molar-refractivity contribution in [2.75, 3.05) is 7.11 Å². The molecule has 0 radical (unpaired) electrons. The molecular weight excluding hydrogens is 178 g/mol. The molecule has 0 aromatic carbocycles. The standard InChI is InChI=1S/C11H21NO2/c1-11(2,3)7-8-5-6-9(12-8)10(13)14-4/h8-9,12H,5-7H2,1-4H3. The molecule has 1 fully saturated rings. The highest BCUT2D eigenvalue weighted by atomic mass is 16.5. The van der Waals surface area contributed by atoms with Crippen molar-refractivity contribution in [3.63, 3.8) is 0 Å². The third kappa shape index (κ3) is 3.29. The highest BCUT2D eigenvalue weighted by Crippen LogP contribution is 2.26. The van der Waals surface area contributed by atoms with Crippen molar-refractivity contribution in [3.05, 3.63) is 0 Å². The molecule has 3 heteroatoms. The molecule has 1 rings (SSSR count). The highest BCUT2D eigenvalue weighted by Gasteiger charge is 2.31. The van der Waals surface area contributed by atoms with E-state index in [0.29, 0.717) is 11.5 Å². The van der Waals surface area contributed by atoms with Crippen LogP contribution in [-0.2, 0) is 9.53 Å². The van der Waals surface area contributed by atoms with Gasteiger partial charge in [-0.25, -0.2) is 0 Å². The summed E-state index contributed by atoms with van der Waals surface area (Å²) < 4.78 is 4.71. The molecule has 82 valence electrons. The smallest absolute Gasteiger partial charge is 0.322 e. The molecule has 3 nitrogen and oxygen atoms in total. The van der Waals surface area contributed by atoms with E-state index < -0.39 is 0 Å². The van der Waals surface area contributed by atoms with Crippen LogP contribution in [0.25, 0.3) is 0 Å². The van der Waals surface area contributed by atoms with Crippen LogP contribution < -0.4 is 5.32 Å². The van der Waals surface area contributed by atoms with Crippen LogP contribution in [0, 0.1) is 5.41 Å². The summed E-state index contributed by atoms with van der Waals surface area (Å²) in [4.78, 5) is 11.2. The number of carbonyl (C=O) groups is 1. The predicted molar refractivity (Wildman–Crippen MR) is 56.0 cm³/mol. The molecule has 0 saturated carbocycles. The first-order valence-electron chi connectivity index (χ1n) is 5.26. The lowest BCUT2D eigenvalue weighted by molar-refractivity contribution is -0.142. The fourth-order valence-corrected chi connectivity index (χ4v) is 2.05. The molecular formula is C11H21NO2. The van der Waals surface area contributed by atoms with Crippen LogP contribution in [0.1, 0.15) is 40.0 Å². The van der Waals surface area contributed by atoms with Gasteiger partial charge in [-0.3, -0.25) is 4.79 Å². The second-order valence-electron chi connectivity index (χ2n) is 5.28. The summed E-state index contributed by atoms with van der Waals surface area (Å²) in [6.07, 6.45) is 3.10. The molecule has 0 aromatic heterocycles. The number of hydrogen-bond donors (Lipinski definition) is 1. The lowest BCUT2D eigenvalue weighted by Crippen LogP contribution is -2.37. The van der Waals surface area contributed by atoms with E-state index in [-0.39, 0.29) is 12.0 Å². The summed E-state index contributed by atoms with van der Waals surface area (Å²) in [5, 5.41) is 3.32. The summed E-state index contributed by atoms with van der Waals surface area (Å²) in [5.41, 5.74) is 0.322. The van der Waals surface area contributed by atoms with Gasteiger partial charge in [-0.2, -0.15) is 0 Å². The Hall–Kier alpha value is -0.570. The minimum atomic E-state index is -0.124. The predicted octanol–water partition coefficient (Wildman–Crippen LogP) is 1.72. The largest absolute Gasteiger partial charge is 0.468 e. The molecule has 1 N–H and O–H groups in total. The molecule has 1 saturated heterocycles. The Morgan fingerprint density at radius 2 is 2.07 bits per heavy atom. The van der Waals surface area contributed by atoms with E-state index >= 15 is 0 Å². The number of ether oxygens (including phenoxy) is 1. The van der Waals surface area contributed by atoms with Gasteiger partial charge in [0.2, 0.25) is 0 Å². The van der Waals surface area contributed by atoms with E-state index in [2.05, 4.69) is 26.1 Å². The first-order valence-corrected chi connectivity index (χ1v) is 5.26. The Kier molecular flexibility index (Phi) is 3.53. The van der Waals surface area contributed by atoms with E-state index in [0.717, 1.165) is 19.3 Å². The normalized spacial score (nSPS) is 27.7. The fraction of sp³-hybridized carbons (Fsp3) is 0.909. The Morgan fingerprint density at radius 3 is 2.57 bits per heavy atom. The minimum absolute atomic E-state index is 0.0765. The molecule has 0 aromatic rings. The average molecular weight is 199 g/mol. The highest BCUT2D eigenvalue weighted by molar-refractivity contribution is 5.76. The maximum atomic E-state index is 11.2. The molecule has 1 heterocycles. The van der Waals surface area contributed by atoms with Crippen molar-refractivity contribution in [2.24, 2.45) is 5.41 Å². The first kappa shape index (κ1) is 11.5. The number of esters is 1. The zero-order chi connectivity index (χ0) is 10.8. The zero-order valence-electron chi connectivity index (χ0n) is 9.59. The van der Waals surface area contributed by atoms with Gasteiger partial charge in [0.15, 0.2) is 0 Å². The van der Waals surface area contributed by atoms with Gasteiger partial charge >= 0.3 is 5.97 Å². The summed E-state index contributed by atoms with van der Waals surface area (Å²) in [6, 6.07) is 0.395. The van der Waals surface area contributed by atoms with Gasteiger partial charge in [0.1, 0.15) is 6.04 Å². The summed E-state index contributed by atoms with van der Waals surface area (Å²) >= 11 is 0. The van der Waals surface area contributed by atoms with Crippen LogP contribution >= 0.6 is 0 Å². The molecule has 2 unspecified atom stereocenters. The molecule has 0 spiro atoms. The van der Waals surface area contributed by atoms with Crippen LogP contribution in [0.3, 0.4) is 0 Å². The van der Waals surface area contributed by atoms with Crippen molar-refractivity contribution in [1.29, 1.82) is 0 Å². The summed E-state index contributed by atoms with van der Waals surface area (Å²) in [7, 11) is 1.45. The van der Waals surface area contributed by atoms with E-state index in [1.54, 1.807) is 0 Å². The van der Waals surface area contributed by atoms with Gasteiger partial charge in [-0.15, -0.1) is 0 Å². The second-order valence-corrected chi connectivity index (χ2v) is 5.28. The van der Waals surface area contributed by atoms with Gasteiger partial charge in [0, 0.05) is 6.04 Å². The van der Waals surface area contributed by atoms with Crippen LogP contribution in [0.15, 0.2) is 0 Å². The fourth-order valence-electron chi connectivity index (χ4n) is 2.05. The summed E-state index contributed by atoms with van der Waals surface area (Å²) in [6.45, 7) is 6.67. The lowest BCUT2D eigenvalue weighted by atomic mass is 9.88. The van der Waals surface area contributed by atoms with Gasteiger partial charge in [0.05, 0.1) is 7.11 Å². The SMILES string of the molecule is COC(=O)C1CCC(CC(C)(C)C)N1. The maximum absolute atomic E-state index is 11.2. The number of nitrogens with one attached hydrogen (secondary N) is 1. The Bertz CT molecular complexity index is 208. The summed E-state index contributed by atoms with van der Waals surface area (Å²) in [5.74, 6) is -0.124. The van der Waals surface area contributed by atoms with E-state index in [1.807, 2.05) is 0 Å². The van der Waals surface area contributed by atoms with Crippen LogP contribution in [0.5, 0.6) is 0 Å². The van der Waals surface area contributed by atoms with Crippen molar-refractivity contribution in [2.45, 2.75) is 52.1 Å². The number of hydrogen-bond acceptors (Lipinski definition) is 3. The molecule has 0 aliphatic carbocycles. The molecule has 1 aliphatic rings. The monoisotopic (exact) mass is 199 g/mol. The Balaban J connectivity index is 2.38. The third-order valence-corrected chi connectivity index (χ3v) is 2.59. The Morgan fingerprint density at radius 1 is 1.43 bits per heavy atom. The van der Waals surface area contributed by atoms with Crippen LogP contribution in [0.2, 0.25) is 0 Å². The van der Waals surface area contributed by atoms with Crippen LogP contribution in [0.4, 0.5) is 0 Å². The number of carbonyl (C=O) groups excluding carboxylic acids is 1. The van der Waals surface area contributed by atoms with E-state index in [1.165, 1.54) is 7.11 Å². The molecule has 14 heavy (non-hydrogen) atoms. The number of methoxy groups -OCH3 is 1. The maximum Gasteiger partial charge on any atom is 0.322 e. The molecule has 2 atom stereocenters. The van der Waals surface area contributed by atoms with Gasteiger partial charge in [-0.1, -0.05) is 20.8 Å². The minimum Gasteiger partial charge on any atom is -0.468 e. The van der Waals surface area contributed by atoms with Crippen molar-refractivity contribution < 1.29 is 9.53 Å². The van der Waals surface area contributed by atoms with Crippen molar-refractivity contribution in [1.82, 2.24) is 5.32 Å². The quantitative estimate of drug-likeness (QED) is 0.688. The van der Waals surface area contributed by atoms with Gasteiger partial charge in [0.25, 0.3) is 0 Å². The average Bonchev–Trinajstić information content (AvgIpc) is 2.48. The lowest BCUT2D eigenvalue weighted by Gasteiger charge is -2.23. The van der Waals surface area contributed by atoms with E-state index in [9.17, 15) is 4.79 Å². The Labute approximate surface area is 86.2 Å². The van der Waals surface area contributed by atoms with Gasteiger partial charge in [-0.05, 0) is 24.7 Å². The number of rotatable bonds is 2. The van der Waals surface area contributed by atoms with Gasteiger partial charge < -0.3 is 10.1 Å². The van der Waals surface area contributed by atoms with E-state index in [4.69, 9.17) is 4.74 Å².